The minimum Gasteiger partial charge on any atom is -0.506 e. The summed E-state index contributed by atoms with van der Waals surface area (Å²) in [6.45, 7) is 1.95. The Morgan fingerprint density at radius 3 is 2.52 bits per heavy atom. The molecule has 1 heterocycles. The number of piperidine rings is 1. The number of amides is 2. The van der Waals surface area contributed by atoms with Crippen molar-refractivity contribution < 1.29 is 14.7 Å². The second kappa shape index (κ2) is 8.99. The van der Waals surface area contributed by atoms with Gasteiger partial charge in [-0.15, -0.1) is 0 Å². The summed E-state index contributed by atoms with van der Waals surface area (Å²) in [5, 5.41) is 12.7. The van der Waals surface area contributed by atoms with Crippen LogP contribution in [-0.4, -0.2) is 52.4 Å². The Bertz CT molecular complexity index is 779. The maximum absolute atomic E-state index is 13.0. The highest BCUT2D eigenvalue weighted by Gasteiger charge is 2.36. The van der Waals surface area contributed by atoms with E-state index >= 15 is 0 Å². The van der Waals surface area contributed by atoms with Crippen molar-refractivity contribution in [2.45, 2.75) is 57.4 Å². The highest BCUT2D eigenvalue weighted by atomic mass is 16.3. The van der Waals surface area contributed by atoms with Crippen molar-refractivity contribution in [3.8, 4) is 5.75 Å². The van der Waals surface area contributed by atoms with Crippen LogP contribution in [0, 0.1) is 5.92 Å². The molecule has 2 amide bonds. The number of rotatable bonds is 6. The standard InChI is InChI=1S/C23H31N3O3/c27-21-9-5-4-8-20(21)24-23(29)17-12-14-25(15-13-17)16-22(28)26(19-10-11-19)18-6-2-1-3-7-18/h4-6,8-9,17,19,27H,1-3,7,10-16H2,(H,24,29). The van der Waals surface area contributed by atoms with Gasteiger partial charge in [0, 0.05) is 17.7 Å². The van der Waals surface area contributed by atoms with Gasteiger partial charge in [0.25, 0.3) is 0 Å². The Hall–Kier alpha value is -2.34. The number of carbonyl (C=O) groups excluding carboxylic acids is 2. The quantitative estimate of drug-likeness (QED) is 0.721. The van der Waals surface area contributed by atoms with E-state index in [0.717, 1.165) is 51.6 Å². The zero-order valence-electron chi connectivity index (χ0n) is 17.0. The van der Waals surface area contributed by atoms with E-state index in [4.69, 9.17) is 0 Å². The molecule has 1 aromatic rings. The van der Waals surface area contributed by atoms with E-state index in [-0.39, 0.29) is 23.5 Å². The lowest BCUT2D eigenvalue weighted by molar-refractivity contribution is -0.131. The Morgan fingerprint density at radius 1 is 1.10 bits per heavy atom. The van der Waals surface area contributed by atoms with Crippen LogP contribution in [0.3, 0.4) is 0 Å². The van der Waals surface area contributed by atoms with E-state index in [1.165, 1.54) is 18.5 Å². The molecule has 4 rings (SSSR count). The van der Waals surface area contributed by atoms with Crippen LogP contribution in [0.5, 0.6) is 5.75 Å². The molecule has 6 nitrogen and oxygen atoms in total. The summed E-state index contributed by atoms with van der Waals surface area (Å²) >= 11 is 0. The van der Waals surface area contributed by atoms with Gasteiger partial charge in [0.15, 0.2) is 0 Å². The molecule has 1 aromatic carbocycles. The van der Waals surface area contributed by atoms with Gasteiger partial charge in [-0.3, -0.25) is 14.5 Å². The summed E-state index contributed by atoms with van der Waals surface area (Å²) in [6, 6.07) is 7.20. The van der Waals surface area contributed by atoms with Gasteiger partial charge in [-0.25, -0.2) is 0 Å². The highest BCUT2D eigenvalue weighted by molar-refractivity contribution is 5.94. The van der Waals surface area contributed by atoms with Gasteiger partial charge in [0.1, 0.15) is 5.75 Å². The van der Waals surface area contributed by atoms with E-state index in [1.807, 2.05) is 0 Å². The first-order valence-corrected chi connectivity index (χ1v) is 10.9. The van der Waals surface area contributed by atoms with E-state index in [1.54, 1.807) is 24.3 Å². The molecule has 0 spiro atoms. The number of nitrogens with zero attached hydrogens (tertiary/aromatic N) is 2. The Labute approximate surface area is 172 Å². The third-order valence-corrected chi connectivity index (χ3v) is 6.24. The zero-order chi connectivity index (χ0) is 20.2. The number of hydrogen-bond donors (Lipinski definition) is 2. The average molecular weight is 398 g/mol. The molecule has 0 unspecified atom stereocenters. The highest BCUT2D eigenvalue weighted by Crippen LogP contribution is 2.34. The number of anilines is 1. The number of carbonyl (C=O) groups is 2. The number of phenolic OH excluding ortho intramolecular Hbond substituents is 1. The number of nitrogens with one attached hydrogen (secondary N) is 1. The van der Waals surface area contributed by atoms with Crippen LogP contribution in [0.2, 0.25) is 0 Å². The molecule has 0 atom stereocenters. The average Bonchev–Trinajstić information content (AvgIpc) is 3.56. The molecule has 156 valence electrons. The topological polar surface area (TPSA) is 72.9 Å². The Morgan fingerprint density at radius 2 is 1.86 bits per heavy atom. The van der Waals surface area contributed by atoms with Crippen LogP contribution >= 0.6 is 0 Å². The van der Waals surface area contributed by atoms with Crippen molar-refractivity contribution in [1.82, 2.24) is 9.80 Å². The second-order valence-electron chi connectivity index (χ2n) is 8.49. The van der Waals surface area contributed by atoms with Crippen LogP contribution in [0.1, 0.15) is 51.4 Å². The van der Waals surface area contributed by atoms with Crippen molar-refractivity contribution in [1.29, 1.82) is 0 Å². The summed E-state index contributed by atoms with van der Waals surface area (Å²) in [5.74, 6) is 0.171. The third kappa shape index (κ3) is 4.99. The third-order valence-electron chi connectivity index (χ3n) is 6.24. The van der Waals surface area contributed by atoms with E-state index < -0.39 is 0 Å². The fourth-order valence-corrected chi connectivity index (χ4v) is 4.41. The van der Waals surface area contributed by atoms with Crippen LogP contribution in [-0.2, 0) is 9.59 Å². The molecule has 0 radical (unpaired) electrons. The van der Waals surface area contributed by atoms with Gasteiger partial charge in [0.05, 0.1) is 12.2 Å². The summed E-state index contributed by atoms with van der Waals surface area (Å²) in [5.41, 5.74) is 1.69. The molecule has 2 fully saturated rings. The largest absolute Gasteiger partial charge is 0.506 e. The van der Waals surface area contributed by atoms with Crippen LogP contribution < -0.4 is 5.32 Å². The summed E-state index contributed by atoms with van der Waals surface area (Å²) < 4.78 is 0. The van der Waals surface area contributed by atoms with Crippen molar-refractivity contribution in [2.24, 2.45) is 5.92 Å². The molecule has 6 heteroatoms. The van der Waals surface area contributed by atoms with Crippen molar-refractivity contribution in [2.75, 3.05) is 25.0 Å². The lowest BCUT2D eigenvalue weighted by atomic mass is 9.95. The molecule has 1 aliphatic heterocycles. The Balaban J connectivity index is 1.28. The minimum atomic E-state index is -0.0819. The number of phenols is 1. The van der Waals surface area contributed by atoms with Gasteiger partial charge >= 0.3 is 0 Å². The SMILES string of the molecule is O=C(Nc1ccccc1O)C1CCN(CC(=O)N(C2=CCCCC2)C2CC2)CC1. The van der Waals surface area contributed by atoms with E-state index in [9.17, 15) is 14.7 Å². The Kier molecular flexibility index (Phi) is 6.19. The fraction of sp³-hybridized carbons (Fsp3) is 0.565. The number of allylic oxidation sites excluding steroid dienone is 2. The second-order valence-corrected chi connectivity index (χ2v) is 8.49. The molecule has 1 saturated carbocycles. The first kappa shape index (κ1) is 20.0. The molecule has 1 saturated heterocycles. The van der Waals surface area contributed by atoms with Crippen molar-refractivity contribution in [3.05, 3.63) is 36.0 Å². The van der Waals surface area contributed by atoms with Gasteiger partial charge in [-0.2, -0.15) is 0 Å². The normalized spacial score (nSPS) is 20.8. The molecule has 2 aliphatic carbocycles. The smallest absolute Gasteiger partial charge is 0.241 e. The lowest BCUT2D eigenvalue weighted by Crippen LogP contribution is -2.45. The molecule has 29 heavy (non-hydrogen) atoms. The fourth-order valence-electron chi connectivity index (χ4n) is 4.41. The van der Waals surface area contributed by atoms with E-state index in [2.05, 4.69) is 21.2 Å². The van der Waals surface area contributed by atoms with Gasteiger partial charge in [-0.05, 0) is 76.6 Å². The molecule has 0 aromatic heterocycles. The predicted octanol–water partition coefficient (Wildman–Crippen LogP) is 3.49. The molecular weight excluding hydrogens is 366 g/mol. The predicted molar refractivity (Wildman–Crippen MR) is 112 cm³/mol. The van der Waals surface area contributed by atoms with Gasteiger partial charge < -0.3 is 15.3 Å². The van der Waals surface area contributed by atoms with Crippen molar-refractivity contribution in [3.63, 3.8) is 0 Å². The van der Waals surface area contributed by atoms with E-state index in [0.29, 0.717) is 18.3 Å². The molecule has 3 aliphatic rings. The zero-order valence-corrected chi connectivity index (χ0v) is 17.0. The van der Waals surface area contributed by atoms with Crippen molar-refractivity contribution >= 4 is 17.5 Å². The van der Waals surface area contributed by atoms with Crippen LogP contribution in [0.4, 0.5) is 5.69 Å². The summed E-state index contributed by atoms with van der Waals surface area (Å²) in [6.07, 6.45) is 10.5. The summed E-state index contributed by atoms with van der Waals surface area (Å²) in [7, 11) is 0. The first-order valence-electron chi connectivity index (χ1n) is 10.9. The number of aromatic hydroxyl groups is 1. The number of benzene rings is 1. The van der Waals surface area contributed by atoms with Gasteiger partial charge in [0.2, 0.25) is 11.8 Å². The number of hydrogen-bond acceptors (Lipinski definition) is 4. The lowest BCUT2D eigenvalue weighted by Gasteiger charge is -2.34. The minimum absolute atomic E-state index is 0.0514. The molecule has 0 bridgehead atoms. The maximum Gasteiger partial charge on any atom is 0.241 e. The van der Waals surface area contributed by atoms with Gasteiger partial charge in [-0.1, -0.05) is 18.2 Å². The van der Waals surface area contributed by atoms with Crippen LogP contribution in [0.25, 0.3) is 0 Å². The number of para-hydroxylation sites is 2. The van der Waals surface area contributed by atoms with Crippen LogP contribution in [0.15, 0.2) is 36.0 Å². The first-order chi connectivity index (χ1) is 14.1. The monoisotopic (exact) mass is 397 g/mol. The molecular formula is C23H31N3O3. The molecule has 2 N–H and O–H groups in total. The number of likely N-dealkylation sites (tertiary alicyclic amines) is 1. The summed E-state index contributed by atoms with van der Waals surface area (Å²) in [4.78, 5) is 29.8. The maximum atomic E-state index is 13.0.